The minimum absolute atomic E-state index is 0.0132. The number of hydrogen-bond acceptors (Lipinski definition) is 3. The molecule has 0 N–H and O–H groups in total. The van der Waals surface area contributed by atoms with Crippen LogP contribution < -0.4 is 0 Å². The molecule has 0 saturated carbocycles. The highest BCUT2D eigenvalue weighted by Crippen LogP contribution is 2.44. The summed E-state index contributed by atoms with van der Waals surface area (Å²) in [6.45, 7) is 9.52. The van der Waals surface area contributed by atoms with Crippen LogP contribution in [-0.4, -0.2) is 31.6 Å². The van der Waals surface area contributed by atoms with Gasteiger partial charge in [0, 0.05) is 19.2 Å². The van der Waals surface area contributed by atoms with Crippen molar-refractivity contribution in [1.29, 1.82) is 0 Å². The number of rotatable bonds is 3. The largest absolute Gasteiger partial charge is 0.372 e. The Hall–Kier alpha value is 0.150. The summed E-state index contributed by atoms with van der Waals surface area (Å²) < 4.78 is 22.9. The van der Waals surface area contributed by atoms with Gasteiger partial charge in [-0.3, -0.25) is 4.57 Å². The monoisotopic (exact) mass is 220 g/mol. The first-order chi connectivity index (χ1) is 6.35. The zero-order chi connectivity index (χ0) is 10.9. The summed E-state index contributed by atoms with van der Waals surface area (Å²) in [7, 11) is -2.41. The van der Waals surface area contributed by atoms with E-state index in [1.807, 2.05) is 6.92 Å². The molecular formula is C10H21O3P. The third kappa shape index (κ3) is 2.82. The Morgan fingerprint density at radius 3 is 2.29 bits per heavy atom. The molecule has 1 aliphatic rings. The predicted octanol–water partition coefficient (Wildman–Crippen LogP) is 2.74. The van der Waals surface area contributed by atoms with Crippen molar-refractivity contribution in [2.24, 2.45) is 5.92 Å². The maximum Gasteiger partial charge on any atom is 0.197 e. The minimum Gasteiger partial charge on any atom is -0.372 e. The van der Waals surface area contributed by atoms with Gasteiger partial charge in [-0.15, -0.1) is 0 Å². The molecule has 4 unspecified atom stereocenters. The summed E-state index contributed by atoms with van der Waals surface area (Å²) in [5, 5.41) is 0. The highest BCUT2D eigenvalue weighted by atomic mass is 31.2. The van der Waals surface area contributed by atoms with Crippen LogP contribution in [0.15, 0.2) is 0 Å². The lowest BCUT2D eigenvalue weighted by molar-refractivity contribution is 0.0271. The smallest absolute Gasteiger partial charge is 0.197 e. The van der Waals surface area contributed by atoms with Gasteiger partial charge in [-0.1, -0.05) is 13.8 Å². The zero-order valence-corrected chi connectivity index (χ0v) is 10.6. The average molecular weight is 220 g/mol. The molecule has 1 saturated heterocycles. The van der Waals surface area contributed by atoms with Crippen molar-refractivity contribution >= 4 is 7.37 Å². The maximum absolute atomic E-state index is 11.6. The second-order valence-electron chi connectivity index (χ2n) is 4.47. The molecule has 0 radical (unpaired) electrons. The molecule has 3 nitrogen and oxygen atoms in total. The lowest BCUT2D eigenvalue weighted by Gasteiger charge is -2.21. The van der Waals surface area contributed by atoms with E-state index < -0.39 is 7.37 Å². The molecule has 0 aliphatic carbocycles. The van der Waals surface area contributed by atoms with Crippen LogP contribution in [-0.2, 0) is 13.8 Å². The van der Waals surface area contributed by atoms with Crippen LogP contribution in [0.5, 0.6) is 0 Å². The Labute approximate surface area is 86.6 Å². The van der Waals surface area contributed by atoms with E-state index in [9.17, 15) is 4.57 Å². The molecule has 4 atom stereocenters. The molecule has 1 aliphatic heterocycles. The molecule has 4 heteroatoms. The van der Waals surface area contributed by atoms with Crippen molar-refractivity contribution in [2.75, 3.05) is 13.3 Å². The first-order valence-electron chi connectivity index (χ1n) is 5.24. The Balaban J connectivity index is 2.65. The van der Waals surface area contributed by atoms with Crippen molar-refractivity contribution in [2.45, 2.75) is 45.5 Å². The van der Waals surface area contributed by atoms with Gasteiger partial charge in [0.05, 0.1) is 18.3 Å². The van der Waals surface area contributed by atoms with Crippen molar-refractivity contribution in [3.8, 4) is 0 Å². The normalized spacial score (nSPS) is 38.9. The van der Waals surface area contributed by atoms with E-state index in [0.717, 1.165) is 6.42 Å². The van der Waals surface area contributed by atoms with Gasteiger partial charge in [-0.25, -0.2) is 0 Å². The predicted molar refractivity (Wildman–Crippen MR) is 58.1 cm³/mol. The molecule has 1 rings (SSSR count). The maximum atomic E-state index is 11.6. The van der Waals surface area contributed by atoms with Gasteiger partial charge < -0.3 is 9.26 Å². The van der Waals surface area contributed by atoms with Crippen LogP contribution in [0.3, 0.4) is 0 Å². The standard InChI is InChI=1S/C10H21O3P/c1-6-9-7(2)10(8(3)12-9)13-14(4,5)11/h7-10H,6H2,1-5H3. The van der Waals surface area contributed by atoms with Gasteiger partial charge in [-0.2, -0.15) is 0 Å². The van der Waals surface area contributed by atoms with Gasteiger partial charge in [0.2, 0.25) is 0 Å². The van der Waals surface area contributed by atoms with Crippen molar-refractivity contribution in [3.63, 3.8) is 0 Å². The third-order valence-corrected chi connectivity index (χ3v) is 3.49. The average Bonchev–Trinajstić information content (AvgIpc) is 2.29. The van der Waals surface area contributed by atoms with Gasteiger partial charge in [0.15, 0.2) is 7.37 Å². The third-order valence-electron chi connectivity index (χ3n) is 2.73. The van der Waals surface area contributed by atoms with Crippen molar-refractivity contribution in [1.82, 2.24) is 0 Å². The Bertz CT molecular complexity index is 236. The highest BCUT2D eigenvalue weighted by molar-refractivity contribution is 7.57. The summed E-state index contributed by atoms with van der Waals surface area (Å²) in [5.74, 6) is 0.336. The van der Waals surface area contributed by atoms with E-state index in [0.29, 0.717) is 5.92 Å². The van der Waals surface area contributed by atoms with E-state index in [-0.39, 0.29) is 18.3 Å². The number of ether oxygens (including phenoxy) is 1. The van der Waals surface area contributed by atoms with Crippen LogP contribution in [0, 0.1) is 5.92 Å². The highest BCUT2D eigenvalue weighted by Gasteiger charge is 2.40. The fourth-order valence-electron chi connectivity index (χ4n) is 2.06. The van der Waals surface area contributed by atoms with Crippen LogP contribution in [0.25, 0.3) is 0 Å². The summed E-state index contributed by atoms with van der Waals surface area (Å²) >= 11 is 0. The molecule has 0 aromatic rings. The summed E-state index contributed by atoms with van der Waals surface area (Å²) in [5.41, 5.74) is 0. The Morgan fingerprint density at radius 2 is 1.93 bits per heavy atom. The quantitative estimate of drug-likeness (QED) is 0.686. The Morgan fingerprint density at radius 1 is 1.36 bits per heavy atom. The van der Waals surface area contributed by atoms with Crippen LogP contribution in [0.1, 0.15) is 27.2 Å². The molecule has 14 heavy (non-hydrogen) atoms. The number of hydrogen-bond donors (Lipinski definition) is 0. The SMILES string of the molecule is CCC1OC(C)C(OP(C)(C)=O)C1C. The summed E-state index contributed by atoms with van der Waals surface area (Å²) in [6, 6.07) is 0. The second-order valence-corrected chi connectivity index (χ2v) is 7.18. The molecular weight excluding hydrogens is 199 g/mol. The van der Waals surface area contributed by atoms with Gasteiger partial charge >= 0.3 is 0 Å². The van der Waals surface area contributed by atoms with E-state index in [4.69, 9.17) is 9.26 Å². The van der Waals surface area contributed by atoms with E-state index >= 15 is 0 Å². The molecule has 84 valence electrons. The molecule has 0 amide bonds. The first kappa shape index (κ1) is 12.2. The first-order valence-corrected chi connectivity index (χ1v) is 7.76. The lowest BCUT2D eigenvalue weighted by Crippen LogP contribution is -2.26. The second kappa shape index (κ2) is 4.34. The molecule has 1 fully saturated rings. The van der Waals surface area contributed by atoms with Gasteiger partial charge in [-0.05, 0) is 13.3 Å². The van der Waals surface area contributed by atoms with Crippen LogP contribution >= 0.6 is 7.37 Å². The van der Waals surface area contributed by atoms with Crippen LogP contribution in [0.2, 0.25) is 0 Å². The zero-order valence-electron chi connectivity index (χ0n) is 9.69. The molecule has 0 aromatic carbocycles. The fourth-order valence-corrected chi connectivity index (χ4v) is 3.01. The van der Waals surface area contributed by atoms with E-state index in [2.05, 4.69) is 13.8 Å². The van der Waals surface area contributed by atoms with Crippen molar-refractivity contribution < 1.29 is 13.8 Å². The molecule has 0 bridgehead atoms. The molecule has 0 aromatic heterocycles. The summed E-state index contributed by atoms with van der Waals surface area (Å²) in [4.78, 5) is 0. The molecule has 1 heterocycles. The minimum atomic E-state index is -2.41. The molecule has 0 spiro atoms. The van der Waals surface area contributed by atoms with E-state index in [1.165, 1.54) is 0 Å². The van der Waals surface area contributed by atoms with Crippen LogP contribution in [0.4, 0.5) is 0 Å². The topological polar surface area (TPSA) is 35.5 Å². The summed E-state index contributed by atoms with van der Waals surface area (Å²) in [6.07, 6.45) is 1.29. The van der Waals surface area contributed by atoms with Gasteiger partial charge in [0.1, 0.15) is 0 Å². The van der Waals surface area contributed by atoms with E-state index in [1.54, 1.807) is 13.3 Å². The van der Waals surface area contributed by atoms with Gasteiger partial charge in [0.25, 0.3) is 0 Å². The lowest BCUT2D eigenvalue weighted by atomic mass is 9.98. The van der Waals surface area contributed by atoms with Crippen molar-refractivity contribution in [3.05, 3.63) is 0 Å². The Kier molecular flexibility index (Phi) is 3.79. The fraction of sp³-hybridized carbons (Fsp3) is 1.00.